The zero-order valence-corrected chi connectivity index (χ0v) is 14.3. The van der Waals surface area contributed by atoms with Crippen LogP contribution in [0.15, 0.2) is 18.2 Å². The van der Waals surface area contributed by atoms with Crippen molar-refractivity contribution in [1.82, 2.24) is 0 Å². The molecule has 0 bridgehead atoms. The van der Waals surface area contributed by atoms with E-state index in [0.29, 0.717) is 17.9 Å². The van der Waals surface area contributed by atoms with E-state index in [9.17, 15) is 9.90 Å². The van der Waals surface area contributed by atoms with Gasteiger partial charge in [-0.2, -0.15) is 0 Å². The van der Waals surface area contributed by atoms with Gasteiger partial charge in [0.15, 0.2) is 0 Å². The summed E-state index contributed by atoms with van der Waals surface area (Å²) >= 11 is 0. The highest BCUT2D eigenvalue weighted by Crippen LogP contribution is 2.30. The van der Waals surface area contributed by atoms with E-state index in [4.69, 9.17) is 9.84 Å². The normalized spacial score (nSPS) is 12.5. The maximum atomic E-state index is 10.6. The monoisotopic (exact) mass is 320 g/mol. The third-order valence-electron chi connectivity index (χ3n) is 4.04. The number of hydrogen-bond donors (Lipinski definition) is 2. The van der Waals surface area contributed by atoms with E-state index in [2.05, 4.69) is 13.8 Å². The third kappa shape index (κ3) is 6.76. The van der Waals surface area contributed by atoms with Gasteiger partial charge in [-0.25, -0.2) is 4.79 Å². The van der Waals surface area contributed by atoms with Crippen LogP contribution in [0.3, 0.4) is 0 Å². The number of aromatic hydroxyl groups is 1. The largest absolute Gasteiger partial charge is 0.507 e. The van der Waals surface area contributed by atoms with Crippen LogP contribution < -0.4 is 4.74 Å². The first-order valence-corrected chi connectivity index (χ1v) is 8.37. The molecule has 128 valence electrons. The minimum absolute atomic E-state index is 0.0364. The summed E-state index contributed by atoms with van der Waals surface area (Å²) in [5.41, 5.74) is 1.46. The van der Waals surface area contributed by atoms with Crippen LogP contribution in [0.5, 0.6) is 11.5 Å². The number of carboxylic acids is 1. The number of ether oxygens (including phenoxy) is 1. The van der Waals surface area contributed by atoms with Crippen molar-refractivity contribution in [1.29, 1.82) is 0 Å². The lowest BCUT2D eigenvalue weighted by Crippen LogP contribution is -2.02. The SMILES string of the molecule is CCc1cc(C=CC(=O)O)c(O)cc1OCCCCC(C)CC. The summed E-state index contributed by atoms with van der Waals surface area (Å²) in [6, 6.07) is 3.36. The molecule has 0 saturated heterocycles. The summed E-state index contributed by atoms with van der Waals surface area (Å²) in [7, 11) is 0. The Bertz CT molecular complexity index is 534. The second kappa shape index (κ2) is 9.93. The number of aliphatic carboxylic acids is 1. The van der Waals surface area contributed by atoms with Gasteiger partial charge in [0.1, 0.15) is 11.5 Å². The van der Waals surface area contributed by atoms with Gasteiger partial charge in [-0.3, -0.25) is 0 Å². The molecule has 2 N–H and O–H groups in total. The van der Waals surface area contributed by atoms with Gasteiger partial charge in [0.2, 0.25) is 0 Å². The molecule has 0 saturated carbocycles. The first kappa shape index (κ1) is 19.1. The van der Waals surface area contributed by atoms with Gasteiger partial charge < -0.3 is 14.9 Å². The molecular formula is C19H28O4. The number of unbranched alkanes of at least 4 members (excludes halogenated alkanes) is 1. The van der Waals surface area contributed by atoms with Crippen molar-refractivity contribution in [2.75, 3.05) is 6.61 Å². The predicted molar refractivity (Wildman–Crippen MR) is 93.0 cm³/mol. The van der Waals surface area contributed by atoms with Crippen molar-refractivity contribution in [3.05, 3.63) is 29.3 Å². The Balaban J connectivity index is 2.65. The smallest absolute Gasteiger partial charge is 0.328 e. The van der Waals surface area contributed by atoms with Gasteiger partial charge in [0.05, 0.1) is 6.61 Å². The summed E-state index contributed by atoms with van der Waals surface area (Å²) in [5.74, 6) is 0.435. The maximum Gasteiger partial charge on any atom is 0.328 e. The number of benzene rings is 1. The van der Waals surface area contributed by atoms with Crippen LogP contribution in [0.2, 0.25) is 0 Å². The van der Waals surface area contributed by atoms with Crippen LogP contribution in [0.1, 0.15) is 57.6 Å². The number of phenols is 1. The third-order valence-corrected chi connectivity index (χ3v) is 4.04. The van der Waals surface area contributed by atoms with Crippen molar-refractivity contribution in [2.45, 2.75) is 52.9 Å². The number of hydrogen-bond acceptors (Lipinski definition) is 3. The summed E-state index contributed by atoms with van der Waals surface area (Å²) in [4.78, 5) is 10.6. The van der Waals surface area contributed by atoms with E-state index in [1.54, 1.807) is 12.1 Å². The second-order valence-corrected chi connectivity index (χ2v) is 5.90. The topological polar surface area (TPSA) is 66.8 Å². The Morgan fingerprint density at radius 1 is 1.30 bits per heavy atom. The second-order valence-electron chi connectivity index (χ2n) is 5.90. The lowest BCUT2D eigenvalue weighted by Gasteiger charge is -2.13. The molecule has 4 heteroatoms. The van der Waals surface area contributed by atoms with Crippen molar-refractivity contribution in [2.24, 2.45) is 5.92 Å². The Kier molecular flexibility index (Phi) is 8.23. The summed E-state index contributed by atoms with van der Waals surface area (Å²) in [6.45, 7) is 7.11. The standard InChI is InChI=1S/C19H28O4/c1-4-14(3)8-6-7-11-23-18-13-17(20)16(9-10-19(21)22)12-15(18)5-2/h9-10,12-14,20H,4-8,11H2,1-3H3,(H,21,22). The molecule has 23 heavy (non-hydrogen) atoms. The molecule has 0 aliphatic heterocycles. The molecule has 0 heterocycles. The fourth-order valence-electron chi connectivity index (χ4n) is 2.32. The van der Waals surface area contributed by atoms with E-state index >= 15 is 0 Å². The fraction of sp³-hybridized carbons (Fsp3) is 0.526. The Labute approximate surface area is 138 Å². The van der Waals surface area contributed by atoms with E-state index < -0.39 is 5.97 Å². The number of rotatable bonds is 10. The molecule has 0 spiro atoms. The number of phenolic OH excluding ortho intramolecular Hbond substituents is 1. The van der Waals surface area contributed by atoms with Crippen LogP contribution >= 0.6 is 0 Å². The highest BCUT2D eigenvalue weighted by Gasteiger charge is 2.08. The van der Waals surface area contributed by atoms with Crippen LogP contribution in [0, 0.1) is 5.92 Å². The van der Waals surface area contributed by atoms with Gasteiger partial charge in [-0.15, -0.1) is 0 Å². The molecule has 0 radical (unpaired) electrons. The van der Waals surface area contributed by atoms with Gasteiger partial charge in [0, 0.05) is 17.7 Å². The van der Waals surface area contributed by atoms with Gasteiger partial charge >= 0.3 is 5.97 Å². The number of aryl methyl sites for hydroxylation is 1. The first-order valence-electron chi connectivity index (χ1n) is 8.37. The van der Waals surface area contributed by atoms with Crippen molar-refractivity contribution >= 4 is 12.0 Å². The van der Waals surface area contributed by atoms with Crippen LogP contribution in [-0.2, 0) is 11.2 Å². The molecule has 0 fully saturated rings. The van der Waals surface area contributed by atoms with E-state index in [0.717, 1.165) is 36.8 Å². The summed E-state index contributed by atoms with van der Waals surface area (Å²) in [6.07, 6.45) is 7.73. The molecule has 0 aromatic heterocycles. The van der Waals surface area contributed by atoms with Gasteiger partial charge in [0.25, 0.3) is 0 Å². The highest BCUT2D eigenvalue weighted by atomic mass is 16.5. The summed E-state index contributed by atoms with van der Waals surface area (Å²) < 4.78 is 5.80. The number of carbonyl (C=O) groups is 1. The zero-order valence-electron chi connectivity index (χ0n) is 14.3. The molecule has 1 atom stereocenters. The van der Waals surface area contributed by atoms with Gasteiger partial charge in [-0.1, -0.05) is 33.6 Å². The first-order chi connectivity index (χ1) is 11.0. The lowest BCUT2D eigenvalue weighted by molar-refractivity contribution is -0.131. The molecule has 0 amide bonds. The van der Waals surface area contributed by atoms with Crippen LogP contribution in [0.25, 0.3) is 6.08 Å². The molecular weight excluding hydrogens is 292 g/mol. The molecule has 0 aliphatic carbocycles. The van der Waals surface area contributed by atoms with Crippen LogP contribution in [-0.4, -0.2) is 22.8 Å². The van der Waals surface area contributed by atoms with Crippen LogP contribution in [0.4, 0.5) is 0 Å². The van der Waals surface area contributed by atoms with E-state index in [-0.39, 0.29) is 5.75 Å². The average molecular weight is 320 g/mol. The minimum atomic E-state index is -1.04. The quantitative estimate of drug-likeness (QED) is 0.486. The minimum Gasteiger partial charge on any atom is -0.507 e. The Morgan fingerprint density at radius 2 is 2.04 bits per heavy atom. The lowest BCUT2D eigenvalue weighted by atomic mass is 10.0. The van der Waals surface area contributed by atoms with Crippen molar-refractivity contribution < 1.29 is 19.7 Å². The highest BCUT2D eigenvalue weighted by molar-refractivity contribution is 5.86. The molecule has 1 aromatic carbocycles. The Morgan fingerprint density at radius 3 is 2.65 bits per heavy atom. The molecule has 1 rings (SSSR count). The number of carboxylic acid groups (broad SMARTS) is 1. The average Bonchev–Trinajstić information content (AvgIpc) is 2.53. The fourth-order valence-corrected chi connectivity index (χ4v) is 2.32. The zero-order chi connectivity index (χ0) is 17.2. The van der Waals surface area contributed by atoms with E-state index in [1.807, 2.05) is 6.92 Å². The Hall–Kier alpha value is -1.97. The summed E-state index contributed by atoms with van der Waals surface area (Å²) in [5, 5.41) is 18.7. The molecule has 0 aliphatic rings. The van der Waals surface area contributed by atoms with Gasteiger partial charge in [-0.05, 0) is 42.9 Å². The van der Waals surface area contributed by atoms with E-state index in [1.165, 1.54) is 18.9 Å². The predicted octanol–water partition coefficient (Wildman–Crippen LogP) is 4.65. The molecule has 4 nitrogen and oxygen atoms in total. The molecule has 1 unspecified atom stereocenters. The van der Waals surface area contributed by atoms with Crippen molar-refractivity contribution in [3.63, 3.8) is 0 Å². The van der Waals surface area contributed by atoms with Crippen molar-refractivity contribution in [3.8, 4) is 11.5 Å². The maximum absolute atomic E-state index is 10.6. The molecule has 1 aromatic rings.